The molecule has 0 aliphatic carbocycles. The summed E-state index contributed by atoms with van der Waals surface area (Å²) in [5.41, 5.74) is 1.49. The van der Waals surface area contributed by atoms with Gasteiger partial charge in [0.1, 0.15) is 12.1 Å². The molecule has 0 spiro atoms. The Bertz CT molecular complexity index is 1090. The van der Waals surface area contributed by atoms with Gasteiger partial charge in [0.05, 0.1) is 4.88 Å². The van der Waals surface area contributed by atoms with E-state index in [1.54, 1.807) is 35.2 Å². The number of thiophene rings is 1. The van der Waals surface area contributed by atoms with E-state index in [4.69, 9.17) is 0 Å². The molecule has 0 unspecified atom stereocenters. The first-order valence-electron chi connectivity index (χ1n) is 7.55. The number of amides is 1. The zero-order valence-electron chi connectivity index (χ0n) is 13.2. The number of hydrogen-bond acceptors (Lipinski definition) is 4. The molecule has 2 aromatic carbocycles. The first-order chi connectivity index (χ1) is 12.1. The molecule has 4 aromatic rings. The number of hydrogen-bond donors (Lipinski definition) is 1. The summed E-state index contributed by atoms with van der Waals surface area (Å²) in [5, 5.41) is 11.2. The van der Waals surface area contributed by atoms with Gasteiger partial charge in [0.15, 0.2) is 5.82 Å². The Morgan fingerprint density at radius 1 is 1.20 bits per heavy atom. The van der Waals surface area contributed by atoms with E-state index in [1.807, 2.05) is 25.2 Å². The number of carbonyl (C=O) groups excluding carboxylic acids is 1. The van der Waals surface area contributed by atoms with Crippen molar-refractivity contribution in [3.63, 3.8) is 0 Å². The molecule has 4 rings (SSSR count). The van der Waals surface area contributed by atoms with Crippen LogP contribution < -0.4 is 5.32 Å². The highest BCUT2D eigenvalue weighted by Crippen LogP contribution is 2.28. The molecule has 2 heterocycles. The number of anilines is 1. The van der Waals surface area contributed by atoms with Crippen LogP contribution in [0.5, 0.6) is 0 Å². The summed E-state index contributed by atoms with van der Waals surface area (Å²) in [6.07, 6.45) is 1.62. The Labute approximate surface area is 146 Å². The number of halogens is 1. The maximum Gasteiger partial charge on any atom is 0.265 e. The fraction of sp³-hybridized carbons (Fsp3) is 0.0556. The van der Waals surface area contributed by atoms with Crippen LogP contribution in [-0.4, -0.2) is 20.7 Å². The zero-order chi connectivity index (χ0) is 17.4. The van der Waals surface area contributed by atoms with Crippen LogP contribution in [-0.2, 0) is 7.05 Å². The van der Waals surface area contributed by atoms with Crippen molar-refractivity contribution in [2.45, 2.75) is 0 Å². The van der Waals surface area contributed by atoms with Crippen LogP contribution in [0.1, 0.15) is 9.67 Å². The van der Waals surface area contributed by atoms with Crippen molar-refractivity contribution >= 4 is 33.0 Å². The van der Waals surface area contributed by atoms with Crippen LogP contribution in [0.3, 0.4) is 0 Å². The van der Waals surface area contributed by atoms with Crippen LogP contribution in [0.2, 0.25) is 0 Å². The lowest BCUT2D eigenvalue weighted by atomic mass is 10.2. The Kier molecular flexibility index (Phi) is 3.77. The third-order valence-electron chi connectivity index (χ3n) is 3.82. The number of carbonyl (C=O) groups is 1. The van der Waals surface area contributed by atoms with E-state index in [9.17, 15) is 9.18 Å². The van der Waals surface area contributed by atoms with Gasteiger partial charge in [-0.05, 0) is 30.3 Å². The Morgan fingerprint density at radius 3 is 2.80 bits per heavy atom. The Balaban J connectivity index is 1.62. The van der Waals surface area contributed by atoms with Crippen LogP contribution in [0.4, 0.5) is 10.1 Å². The van der Waals surface area contributed by atoms with Gasteiger partial charge < -0.3 is 9.88 Å². The molecule has 1 N–H and O–H groups in total. The van der Waals surface area contributed by atoms with Gasteiger partial charge in [-0.25, -0.2) is 4.39 Å². The minimum absolute atomic E-state index is 0.268. The molecule has 0 saturated heterocycles. The quantitative estimate of drug-likeness (QED) is 0.604. The van der Waals surface area contributed by atoms with Gasteiger partial charge in [0.25, 0.3) is 5.91 Å². The summed E-state index contributed by atoms with van der Waals surface area (Å²) < 4.78 is 16.3. The molecule has 0 aliphatic heterocycles. The topological polar surface area (TPSA) is 59.8 Å². The smallest absolute Gasteiger partial charge is 0.265 e. The summed E-state index contributed by atoms with van der Waals surface area (Å²) in [6, 6.07) is 13.8. The SMILES string of the molecule is Cn1cnnc1-c1cccc(NC(=O)c2cc3c(F)cccc3s2)c1. The van der Waals surface area contributed by atoms with Crippen molar-refractivity contribution < 1.29 is 9.18 Å². The highest BCUT2D eigenvalue weighted by molar-refractivity contribution is 7.20. The van der Waals surface area contributed by atoms with E-state index in [-0.39, 0.29) is 11.7 Å². The van der Waals surface area contributed by atoms with Gasteiger partial charge >= 0.3 is 0 Å². The second-order valence-corrected chi connectivity index (χ2v) is 6.65. The van der Waals surface area contributed by atoms with Crippen LogP contribution in [0.25, 0.3) is 21.5 Å². The van der Waals surface area contributed by atoms with Gasteiger partial charge in [-0.15, -0.1) is 21.5 Å². The van der Waals surface area contributed by atoms with Crippen LogP contribution >= 0.6 is 11.3 Å². The van der Waals surface area contributed by atoms with Crippen molar-refractivity contribution in [1.82, 2.24) is 14.8 Å². The second-order valence-electron chi connectivity index (χ2n) is 5.56. The number of benzene rings is 2. The normalized spacial score (nSPS) is 11.0. The van der Waals surface area contributed by atoms with Gasteiger partial charge in [0, 0.05) is 28.4 Å². The zero-order valence-corrected chi connectivity index (χ0v) is 14.0. The predicted octanol–water partition coefficient (Wildman–Crippen LogP) is 4.09. The van der Waals surface area contributed by atoms with E-state index >= 15 is 0 Å². The standard InChI is InChI=1S/C18H13FN4OS/c1-23-10-20-22-17(23)11-4-2-5-12(8-11)21-18(24)16-9-13-14(19)6-3-7-15(13)25-16/h2-10H,1H3,(H,21,24). The van der Waals surface area contributed by atoms with E-state index in [0.29, 0.717) is 21.8 Å². The van der Waals surface area contributed by atoms with Crippen LogP contribution in [0.15, 0.2) is 54.9 Å². The number of fused-ring (bicyclic) bond motifs is 1. The molecular weight excluding hydrogens is 339 g/mol. The van der Waals surface area contributed by atoms with Crippen molar-refractivity contribution in [2.24, 2.45) is 7.05 Å². The highest BCUT2D eigenvalue weighted by atomic mass is 32.1. The van der Waals surface area contributed by atoms with Gasteiger partial charge in [-0.2, -0.15) is 0 Å². The second kappa shape index (κ2) is 6.10. The van der Waals surface area contributed by atoms with Crippen LogP contribution in [0, 0.1) is 5.82 Å². The molecule has 0 atom stereocenters. The molecule has 0 aliphatic rings. The lowest BCUT2D eigenvalue weighted by molar-refractivity contribution is 0.103. The molecule has 25 heavy (non-hydrogen) atoms. The fourth-order valence-corrected chi connectivity index (χ4v) is 3.58. The van der Waals surface area contributed by atoms with E-state index in [1.165, 1.54) is 17.4 Å². The van der Waals surface area contributed by atoms with Crippen molar-refractivity contribution in [3.05, 3.63) is 65.6 Å². The lowest BCUT2D eigenvalue weighted by Gasteiger charge is -2.06. The molecule has 0 radical (unpaired) electrons. The molecule has 5 nitrogen and oxygen atoms in total. The predicted molar refractivity (Wildman–Crippen MR) is 96.2 cm³/mol. The Morgan fingerprint density at radius 2 is 2.04 bits per heavy atom. The molecule has 0 fully saturated rings. The fourth-order valence-electron chi connectivity index (χ4n) is 2.61. The van der Waals surface area contributed by atoms with E-state index in [2.05, 4.69) is 15.5 Å². The molecule has 1 amide bonds. The summed E-state index contributed by atoms with van der Waals surface area (Å²) in [5.74, 6) is 0.118. The minimum Gasteiger partial charge on any atom is -0.321 e. The van der Waals surface area contributed by atoms with Crippen molar-refractivity contribution in [1.29, 1.82) is 0 Å². The first kappa shape index (κ1) is 15.5. The van der Waals surface area contributed by atoms with Crippen molar-refractivity contribution in [2.75, 3.05) is 5.32 Å². The molecule has 124 valence electrons. The lowest BCUT2D eigenvalue weighted by Crippen LogP contribution is -2.10. The summed E-state index contributed by atoms with van der Waals surface area (Å²) >= 11 is 1.26. The molecule has 2 aromatic heterocycles. The number of aryl methyl sites for hydroxylation is 1. The molecular formula is C18H13FN4OS. The van der Waals surface area contributed by atoms with E-state index < -0.39 is 0 Å². The average Bonchev–Trinajstić information content (AvgIpc) is 3.22. The van der Waals surface area contributed by atoms with E-state index in [0.717, 1.165) is 10.3 Å². The van der Waals surface area contributed by atoms with Gasteiger partial charge in [-0.1, -0.05) is 18.2 Å². The average molecular weight is 352 g/mol. The highest BCUT2D eigenvalue weighted by Gasteiger charge is 2.13. The molecule has 0 bridgehead atoms. The third-order valence-corrected chi connectivity index (χ3v) is 4.92. The summed E-state index contributed by atoms with van der Waals surface area (Å²) in [7, 11) is 1.85. The first-order valence-corrected chi connectivity index (χ1v) is 8.37. The monoisotopic (exact) mass is 352 g/mol. The number of nitrogens with one attached hydrogen (secondary N) is 1. The van der Waals surface area contributed by atoms with Gasteiger partial charge in [-0.3, -0.25) is 4.79 Å². The van der Waals surface area contributed by atoms with Gasteiger partial charge in [0.2, 0.25) is 0 Å². The molecule has 7 heteroatoms. The molecule has 0 saturated carbocycles. The number of nitrogens with zero attached hydrogens (tertiary/aromatic N) is 3. The summed E-state index contributed by atoms with van der Waals surface area (Å²) in [6.45, 7) is 0. The van der Waals surface area contributed by atoms with Crippen molar-refractivity contribution in [3.8, 4) is 11.4 Å². The number of rotatable bonds is 3. The maximum absolute atomic E-state index is 13.8. The third kappa shape index (κ3) is 2.89. The number of aromatic nitrogens is 3. The Hall–Kier alpha value is -3.06. The minimum atomic E-state index is -0.322. The summed E-state index contributed by atoms with van der Waals surface area (Å²) in [4.78, 5) is 13.0. The maximum atomic E-state index is 13.8. The largest absolute Gasteiger partial charge is 0.321 e.